The Morgan fingerprint density at radius 2 is 2.17 bits per heavy atom. The zero-order chi connectivity index (χ0) is 8.72. The molecule has 0 heterocycles. The Labute approximate surface area is 76.0 Å². The summed E-state index contributed by atoms with van der Waals surface area (Å²) in [5, 5.41) is 9.95. The predicted octanol–water partition coefficient (Wildman–Crippen LogP) is 1.86. The van der Waals surface area contributed by atoms with Gasteiger partial charge in [0.05, 0.1) is 5.02 Å². The zero-order valence-electron chi connectivity index (χ0n) is 6.50. The van der Waals surface area contributed by atoms with Crippen LogP contribution < -0.4 is 5.73 Å². The molecule has 2 rings (SSSR count). The number of phenolic OH excluding ortho intramolecular Hbond substituents is 1. The van der Waals surface area contributed by atoms with Gasteiger partial charge >= 0.3 is 0 Å². The van der Waals surface area contributed by atoms with E-state index in [9.17, 15) is 5.11 Å². The van der Waals surface area contributed by atoms with Gasteiger partial charge in [0.25, 0.3) is 0 Å². The Bertz CT molecular complexity index is 313. The van der Waals surface area contributed by atoms with Crippen molar-refractivity contribution in [2.75, 3.05) is 0 Å². The molecule has 2 unspecified atom stereocenters. The molecular weight excluding hydrogens is 174 g/mol. The van der Waals surface area contributed by atoms with Crippen molar-refractivity contribution in [2.45, 2.75) is 18.4 Å². The van der Waals surface area contributed by atoms with Crippen LogP contribution in [0, 0.1) is 0 Å². The summed E-state index contributed by atoms with van der Waals surface area (Å²) < 4.78 is 0. The predicted molar refractivity (Wildman–Crippen MR) is 48.5 cm³/mol. The number of halogens is 1. The molecule has 1 saturated carbocycles. The number of phenols is 1. The van der Waals surface area contributed by atoms with Crippen molar-refractivity contribution in [3.8, 4) is 5.75 Å². The number of aromatic hydroxyl groups is 1. The van der Waals surface area contributed by atoms with Gasteiger partial charge in [-0.05, 0) is 12.5 Å². The molecule has 3 N–H and O–H groups in total. The van der Waals surface area contributed by atoms with Crippen LogP contribution in [0.15, 0.2) is 18.2 Å². The van der Waals surface area contributed by atoms with E-state index in [0.717, 1.165) is 12.0 Å². The van der Waals surface area contributed by atoms with Gasteiger partial charge in [-0.1, -0.05) is 23.7 Å². The molecule has 64 valence electrons. The summed E-state index contributed by atoms with van der Waals surface area (Å²) in [6.45, 7) is 0. The molecule has 3 heteroatoms. The monoisotopic (exact) mass is 183 g/mol. The fourth-order valence-corrected chi connectivity index (χ4v) is 1.59. The van der Waals surface area contributed by atoms with Gasteiger partial charge in [-0.2, -0.15) is 0 Å². The van der Waals surface area contributed by atoms with Gasteiger partial charge in [-0.3, -0.25) is 0 Å². The topological polar surface area (TPSA) is 46.2 Å². The largest absolute Gasteiger partial charge is 0.506 e. The van der Waals surface area contributed by atoms with Crippen molar-refractivity contribution < 1.29 is 5.11 Å². The van der Waals surface area contributed by atoms with Crippen molar-refractivity contribution >= 4 is 11.6 Å². The van der Waals surface area contributed by atoms with Gasteiger partial charge in [0.15, 0.2) is 0 Å². The standard InChI is InChI=1S/C9H10ClNO/c10-7-3-1-2-5(9(7)12)6-4-8(6)11/h1-3,6,8,12H,4,11H2. The van der Waals surface area contributed by atoms with E-state index < -0.39 is 0 Å². The average molecular weight is 184 g/mol. The molecule has 0 radical (unpaired) electrons. The second-order valence-corrected chi connectivity index (χ2v) is 3.59. The van der Waals surface area contributed by atoms with Crippen molar-refractivity contribution in [2.24, 2.45) is 5.73 Å². The molecule has 0 aliphatic heterocycles. The molecule has 1 aliphatic rings. The van der Waals surface area contributed by atoms with Crippen LogP contribution in [-0.4, -0.2) is 11.1 Å². The summed E-state index contributed by atoms with van der Waals surface area (Å²) in [6.07, 6.45) is 0.952. The Kier molecular flexibility index (Phi) is 1.74. The van der Waals surface area contributed by atoms with Crippen LogP contribution in [0.3, 0.4) is 0 Å². The van der Waals surface area contributed by atoms with Crippen LogP contribution in [0.1, 0.15) is 17.9 Å². The average Bonchev–Trinajstić information content (AvgIpc) is 2.73. The molecule has 0 aromatic heterocycles. The smallest absolute Gasteiger partial charge is 0.137 e. The van der Waals surface area contributed by atoms with Gasteiger partial charge in [0.1, 0.15) is 5.75 Å². The number of hydrogen-bond donors (Lipinski definition) is 2. The van der Waals surface area contributed by atoms with Crippen LogP contribution in [0.5, 0.6) is 5.75 Å². The third kappa shape index (κ3) is 1.17. The summed E-state index contributed by atoms with van der Waals surface area (Å²) in [5.74, 6) is 0.501. The van der Waals surface area contributed by atoms with Crippen LogP contribution in [-0.2, 0) is 0 Å². The van der Waals surface area contributed by atoms with Crippen molar-refractivity contribution in [1.82, 2.24) is 0 Å². The SMILES string of the molecule is NC1CC1c1cccc(Cl)c1O. The maximum absolute atomic E-state index is 9.54. The fourth-order valence-electron chi connectivity index (χ4n) is 1.40. The van der Waals surface area contributed by atoms with Crippen molar-refractivity contribution in [1.29, 1.82) is 0 Å². The lowest BCUT2D eigenvalue weighted by Crippen LogP contribution is -2.00. The van der Waals surface area contributed by atoms with E-state index in [1.807, 2.05) is 12.1 Å². The van der Waals surface area contributed by atoms with Crippen molar-refractivity contribution in [3.05, 3.63) is 28.8 Å². The number of nitrogens with two attached hydrogens (primary N) is 1. The number of hydrogen-bond acceptors (Lipinski definition) is 2. The van der Waals surface area contributed by atoms with E-state index in [-0.39, 0.29) is 11.8 Å². The van der Waals surface area contributed by atoms with Crippen LogP contribution in [0.25, 0.3) is 0 Å². The second-order valence-electron chi connectivity index (χ2n) is 3.18. The molecule has 0 amide bonds. The molecule has 2 nitrogen and oxygen atoms in total. The van der Waals surface area contributed by atoms with Gasteiger partial charge in [0.2, 0.25) is 0 Å². The Morgan fingerprint density at radius 3 is 2.75 bits per heavy atom. The van der Waals surface area contributed by atoms with Gasteiger partial charge in [-0.15, -0.1) is 0 Å². The van der Waals surface area contributed by atoms with E-state index in [2.05, 4.69) is 0 Å². The molecule has 0 bridgehead atoms. The number of benzene rings is 1. The second kappa shape index (κ2) is 2.64. The van der Waals surface area contributed by atoms with E-state index >= 15 is 0 Å². The van der Waals surface area contributed by atoms with Crippen LogP contribution >= 0.6 is 11.6 Å². The van der Waals surface area contributed by atoms with E-state index in [4.69, 9.17) is 17.3 Å². The van der Waals surface area contributed by atoms with Gasteiger partial charge in [0, 0.05) is 17.5 Å². The first-order chi connectivity index (χ1) is 5.70. The molecule has 1 aromatic rings. The highest BCUT2D eigenvalue weighted by Crippen LogP contribution is 2.44. The molecule has 0 spiro atoms. The van der Waals surface area contributed by atoms with Crippen LogP contribution in [0.4, 0.5) is 0 Å². The number of para-hydroxylation sites is 1. The fraction of sp³-hybridized carbons (Fsp3) is 0.333. The summed E-state index contributed by atoms with van der Waals surface area (Å²) in [5.41, 5.74) is 6.55. The lowest BCUT2D eigenvalue weighted by molar-refractivity contribution is 0.468. The third-order valence-electron chi connectivity index (χ3n) is 2.26. The van der Waals surface area contributed by atoms with Crippen LogP contribution in [0.2, 0.25) is 5.02 Å². The summed E-state index contributed by atoms with van der Waals surface area (Å²) in [7, 11) is 0. The highest BCUT2D eigenvalue weighted by atomic mass is 35.5. The summed E-state index contributed by atoms with van der Waals surface area (Å²) in [6, 6.07) is 5.59. The third-order valence-corrected chi connectivity index (χ3v) is 2.56. The molecule has 1 aliphatic carbocycles. The molecule has 2 atom stereocenters. The normalized spacial score (nSPS) is 27.2. The quantitative estimate of drug-likeness (QED) is 0.698. The van der Waals surface area contributed by atoms with E-state index in [1.165, 1.54) is 0 Å². The van der Waals surface area contributed by atoms with Crippen molar-refractivity contribution in [3.63, 3.8) is 0 Å². The minimum absolute atomic E-state index is 0.192. The highest BCUT2D eigenvalue weighted by molar-refractivity contribution is 6.32. The molecular formula is C9H10ClNO. The van der Waals surface area contributed by atoms with Gasteiger partial charge in [-0.25, -0.2) is 0 Å². The maximum Gasteiger partial charge on any atom is 0.137 e. The number of rotatable bonds is 1. The van der Waals surface area contributed by atoms with Gasteiger partial charge < -0.3 is 10.8 Å². The summed E-state index contributed by atoms with van der Waals surface area (Å²) >= 11 is 5.74. The van der Waals surface area contributed by atoms with E-state index in [0.29, 0.717) is 10.9 Å². The molecule has 12 heavy (non-hydrogen) atoms. The Balaban J connectivity index is 2.38. The highest BCUT2D eigenvalue weighted by Gasteiger charge is 2.36. The first kappa shape index (κ1) is 7.90. The van der Waals surface area contributed by atoms with E-state index in [1.54, 1.807) is 6.07 Å². The maximum atomic E-state index is 9.54. The summed E-state index contributed by atoms with van der Waals surface area (Å²) in [4.78, 5) is 0. The lowest BCUT2D eigenvalue weighted by atomic mass is 10.1. The first-order valence-electron chi connectivity index (χ1n) is 3.93. The molecule has 0 saturated heterocycles. The lowest BCUT2D eigenvalue weighted by Gasteiger charge is -2.03. The minimum Gasteiger partial charge on any atom is -0.506 e. The zero-order valence-corrected chi connectivity index (χ0v) is 7.25. The molecule has 1 fully saturated rings. The molecule has 1 aromatic carbocycles. The first-order valence-corrected chi connectivity index (χ1v) is 4.31. The Morgan fingerprint density at radius 1 is 1.50 bits per heavy atom. The Hall–Kier alpha value is -0.730. The minimum atomic E-state index is 0.192.